The van der Waals surface area contributed by atoms with Crippen molar-refractivity contribution in [2.45, 2.75) is 13.1 Å². The topological polar surface area (TPSA) is 30.7 Å². The SMILES string of the molecule is C[Si]1(C)c2ccccc2-c2nc(-c3cccc(-n4c5ccccc5c5cc6c(cc54)sc4ccccc46)c3)nc(-c3ccccc3)c21. The molecule has 0 radical (unpaired) electrons. The number of nitrogens with zero attached hydrogens (tertiary/aromatic N) is 3. The second kappa shape index (κ2) is 9.82. The Hall–Kier alpha value is -5.36. The first-order valence-electron chi connectivity index (χ1n) is 16.1. The van der Waals surface area contributed by atoms with Crippen molar-refractivity contribution in [1.82, 2.24) is 14.5 Å². The quantitative estimate of drug-likeness (QED) is 0.181. The molecule has 6 aromatic carbocycles. The minimum Gasteiger partial charge on any atom is -0.309 e. The number of para-hydroxylation sites is 1. The predicted octanol–water partition coefficient (Wildman–Crippen LogP) is 10.1. The van der Waals surface area contributed by atoms with Gasteiger partial charge in [-0.05, 0) is 52.3 Å². The van der Waals surface area contributed by atoms with Crippen molar-refractivity contribution in [3.05, 3.63) is 140 Å². The van der Waals surface area contributed by atoms with Crippen molar-refractivity contribution in [2.24, 2.45) is 0 Å². The molecule has 0 saturated heterocycles. The van der Waals surface area contributed by atoms with Crippen molar-refractivity contribution in [3.8, 4) is 39.6 Å². The van der Waals surface area contributed by atoms with E-state index < -0.39 is 8.07 Å². The van der Waals surface area contributed by atoms with Crippen LogP contribution >= 0.6 is 11.3 Å². The molecule has 10 rings (SSSR count). The van der Waals surface area contributed by atoms with Gasteiger partial charge in [-0.3, -0.25) is 0 Å². The summed E-state index contributed by atoms with van der Waals surface area (Å²) in [5, 5.41) is 7.94. The van der Waals surface area contributed by atoms with Crippen LogP contribution in [0.1, 0.15) is 0 Å². The van der Waals surface area contributed by atoms with Crippen LogP contribution in [0.3, 0.4) is 0 Å². The molecule has 0 aliphatic carbocycles. The van der Waals surface area contributed by atoms with Gasteiger partial charge in [0.25, 0.3) is 0 Å². The predicted molar refractivity (Wildman–Crippen MR) is 202 cm³/mol. The van der Waals surface area contributed by atoms with Crippen LogP contribution in [-0.2, 0) is 0 Å². The summed E-state index contributed by atoms with van der Waals surface area (Å²) >= 11 is 1.87. The van der Waals surface area contributed by atoms with Crippen molar-refractivity contribution in [1.29, 1.82) is 0 Å². The van der Waals surface area contributed by atoms with Gasteiger partial charge in [-0.15, -0.1) is 11.3 Å². The summed E-state index contributed by atoms with van der Waals surface area (Å²) in [7, 11) is -2.01. The van der Waals surface area contributed by atoms with Crippen LogP contribution in [0.2, 0.25) is 13.1 Å². The Balaban J connectivity index is 1.22. The Labute approximate surface area is 277 Å². The van der Waals surface area contributed by atoms with E-state index in [0.29, 0.717) is 0 Å². The molecule has 3 nitrogen and oxygen atoms in total. The number of fused-ring (bicyclic) bond motifs is 9. The molecule has 0 fully saturated rings. The molecule has 0 bridgehead atoms. The number of aromatic nitrogens is 3. The molecule has 0 spiro atoms. The van der Waals surface area contributed by atoms with E-state index in [2.05, 4.69) is 157 Å². The number of hydrogen-bond acceptors (Lipinski definition) is 3. The molecular weight excluding hydrogens is 607 g/mol. The van der Waals surface area contributed by atoms with E-state index in [1.807, 2.05) is 11.3 Å². The lowest BCUT2D eigenvalue weighted by atomic mass is 10.1. The van der Waals surface area contributed by atoms with E-state index in [0.717, 1.165) is 34.0 Å². The molecule has 9 aromatic rings. The van der Waals surface area contributed by atoms with Crippen molar-refractivity contribution in [2.75, 3.05) is 0 Å². The molecule has 1 aliphatic rings. The van der Waals surface area contributed by atoms with Crippen LogP contribution in [0.25, 0.3) is 81.6 Å². The van der Waals surface area contributed by atoms with Gasteiger partial charge < -0.3 is 4.57 Å². The van der Waals surface area contributed by atoms with Crippen LogP contribution in [0, 0.1) is 0 Å². The minimum atomic E-state index is -2.01. The van der Waals surface area contributed by atoms with Gasteiger partial charge >= 0.3 is 0 Å². The van der Waals surface area contributed by atoms with Crippen LogP contribution in [0.15, 0.2) is 140 Å². The van der Waals surface area contributed by atoms with E-state index >= 15 is 0 Å². The maximum Gasteiger partial charge on any atom is 0.160 e. The van der Waals surface area contributed by atoms with Gasteiger partial charge in [0.1, 0.15) is 8.07 Å². The molecule has 0 saturated carbocycles. The fourth-order valence-electron chi connectivity index (χ4n) is 7.80. The molecule has 0 unspecified atom stereocenters. The smallest absolute Gasteiger partial charge is 0.160 e. The molecular formula is C42H29N3SSi. The molecule has 5 heteroatoms. The molecule has 3 aromatic heterocycles. The van der Waals surface area contributed by atoms with Gasteiger partial charge in [0, 0.05) is 47.8 Å². The highest BCUT2D eigenvalue weighted by Crippen LogP contribution is 2.41. The van der Waals surface area contributed by atoms with E-state index in [9.17, 15) is 0 Å². The Morgan fingerprint density at radius 1 is 0.532 bits per heavy atom. The van der Waals surface area contributed by atoms with Gasteiger partial charge in [-0.2, -0.15) is 0 Å². The highest BCUT2D eigenvalue weighted by molar-refractivity contribution is 7.25. The summed E-state index contributed by atoms with van der Waals surface area (Å²) in [5.74, 6) is 0.763. The Bertz CT molecular complexity index is 2720. The number of rotatable bonds is 3. The summed E-state index contributed by atoms with van der Waals surface area (Å²) in [6.45, 7) is 4.87. The summed E-state index contributed by atoms with van der Waals surface area (Å²) < 4.78 is 5.04. The largest absolute Gasteiger partial charge is 0.309 e. The summed E-state index contributed by atoms with van der Waals surface area (Å²) in [6.07, 6.45) is 0. The first kappa shape index (κ1) is 26.8. The van der Waals surface area contributed by atoms with Gasteiger partial charge in [0.15, 0.2) is 5.82 Å². The summed E-state index contributed by atoms with van der Waals surface area (Å²) in [5.41, 5.74) is 9.09. The second-order valence-corrected chi connectivity index (χ2v) is 18.4. The average Bonchev–Trinajstić information content (AvgIpc) is 3.72. The van der Waals surface area contributed by atoms with Crippen molar-refractivity contribution < 1.29 is 0 Å². The van der Waals surface area contributed by atoms with Crippen molar-refractivity contribution >= 4 is 71.8 Å². The van der Waals surface area contributed by atoms with Crippen molar-refractivity contribution in [3.63, 3.8) is 0 Å². The second-order valence-electron chi connectivity index (χ2n) is 13.0. The molecule has 222 valence electrons. The zero-order valence-corrected chi connectivity index (χ0v) is 27.8. The highest BCUT2D eigenvalue weighted by Gasteiger charge is 2.41. The van der Waals surface area contributed by atoms with Gasteiger partial charge in [-0.1, -0.05) is 116 Å². The van der Waals surface area contributed by atoms with E-state index in [1.54, 1.807) is 0 Å². The summed E-state index contributed by atoms with van der Waals surface area (Å²) in [6, 6.07) is 50.5. The van der Waals surface area contributed by atoms with Crippen LogP contribution in [0.4, 0.5) is 0 Å². The Kier molecular flexibility index (Phi) is 5.60. The fourth-order valence-corrected chi connectivity index (χ4v) is 12.2. The zero-order valence-electron chi connectivity index (χ0n) is 26.0. The molecule has 0 amide bonds. The molecule has 0 N–H and O–H groups in total. The lowest BCUT2D eigenvalue weighted by molar-refractivity contribution is 1.16. The zero-order chi connectivity index (χ0) is 31.3. The maximum absolute atomic E-state index is 5.39. The first-order valence-corrected chi connectivity index (χ1v) is 19.9. The Morgan fingerprint density at radius 3 is 2.15 bits per heavy atom. The third kappa shape index (κ3) is 3.84. The monoisotopic (exact) mass is 635 g/mol. The van der Waals surface area contributed by atoms with Gasteiger partial charge in [0.2, 0.25) is 0 Å². The molecule has 47 heavy (non-hydrogen) atoms. The third-order valence-electron chi connectivity index (χ3n) is 9.97. The highest BCUT2D eigenvalue weighted by atomic mass is 32.1. The normalized spacial score (nSPS) is 13.5. The third-order valence-corrected chi connectivity index (χ3v) is 14.6. The van der Waals surface area contributed by atoms with Crippen LogP contribution in [-0.4, -0.2) is 22.6 Å². The van der Waals surface area contributed by atoms with Gasteiger partial charge in [0.05, 0.1) is 22.4 Å². The van der Waals surface area contributed by atoms with Crippen LogP contribution < -0.4 is 10.4 Å². The van der Waals surface area contributed by atoms with E-state index in [4.69, 9.17) is 9.97 Å². The van der Waals surface area contributed by atoms with E-state index in [1.165, 1.54) is 57.9 Å². The fraction of sp³-hybridized carbons (Fsp3) is 0.0476. The average molecular weight is 636 g/mol. The van der Waals surface area contributed by atoms with Crippen LogP contribution in [0.5, 0.6) is 0 Å². The minimum absolute atomic E-state index is 0.763. The Morgan fingerprint density at radius 2 is 1.26 bits per heavy atom. The molecule has 4 heterocycles. The first-order chi connectivity index (χ1) is 23.1. The number of thiophene rings is 1. The van der Waals surface area contributed by atoms with Gasteiger partial charge in [-0.25, -0.2) is 9.97 Å². The lowest BCUT2D eigenvalue weighted by Gasteiger charge is -2.21. The molecule has 0 atom stereocenters. The maximum atomic E-state index is 5.39. The standard InChI is InChI=1S/C42H29N3SSi/c1-47(2)38-22-11-8-19-31(38)40-41(47)39(26-13-4-3-5-14-26)43-42(44-40)27-15-12-16-28(23-27)45-34-20-9-6-17-29(34)32-24-33-30-18-7-10-21-36(30)46-37(33)25-35(32)45/h3-25H,1-2H3. The van der Waals surface area contributed by atoms with E-state index in [-0.39, 0.29) is 0 Å². The summed E-state index contributed by atoms with van der Waals surface area (Å²) in [4.78, 5) is 10.8. The lowest BCUT2D eigenvalue weighted by Crippen LogP contribution is -2.50. The number of benzene rings is 6. The molecule has 1 aliphatic heterocycles. The number of hydrogen-bond donors (Lipinski definition) is 0.